The van der Waals surface area contributed by atoms with Crippen molar-refractivity contribution in [2.45, 2.75) is 19.3 Å². The average molecular weight is 347 g/mol. The molecular weight excluding hydrogens is 326 g/mol. The fraction of sp³-hybridized carbons (Fsp3) is 0.353. The first-order chi connectivity index (χ1) is 11.6. The lowest BCUT2D eigenvalue weighted by Gasteiger charge is -2.11. The van der Waals surface area contributed by atoms with E-state index in [1.165, 1.54) is 0 Å². The Bertz CT molecular complexity index is 721. The number of rotatable bonds is 9. The zero-order chi connectivity index (χ0) is 17.4. The van der Waals surface area contributed by atoms with Gasteiger partial charge in [0, 0.05) is 24.2 Å². The van der Waals surface area contributed by atoms with Crippen molar-refractivity contribution in [3.63, 3.8) is 0 Å². The third-order valence-corrected chi connectivity index (χ3v) is 3.80. The number of nitrogens with two attached hydrogens (primary N) is 1. The van der Waals surface area contributed by atoms with Crippen LogP contribution in [0.15, 0.2) is 30.5 Å². The number of hydrogen-bond acceptors (Lipinski definition) is 5. The first-order valence-corrected chi connectivity index (χ1v) is 8.44. The summed E-state index contributed by atoms with van der Waals surface area (Å²) >= 11 is 3.89. The van der Waals surface area contributed by atoms with E-state index >= 15 is 0 Å². The number of thiol groups is 1. The predicted molar refractivity (Wildman–Crippen MR) is 96.5 cm³/mol. The number of amides is 2. The molecule has 0 saturated heterocycles. The lowest BCUT2D eigenvalue weighted by atomic mass is 10.1. The fourth-order valence-corrected chi connectivity index (χ4v) is 2.39. The van der Waals surface area contributed by atoms with Gasteiger partial charge in [0.25, 0.3) is 5.91 Å². The number of aromatic nitrogens is 1. The van der Waals surface area contributed by atoms with Gasteiger partial charge in [0.2, 0.25) is 5.91 Å². The van der Waals surface area contributed by atoms with Gasteiger partial charge in [-0.1, -0.05) is 6.07 Å². The maximum absolute atomic E-state index is 11.6. The van der Waals surface area contributed by atoms with Gasteiger partial charge in [-0.05, 0) is 31.4 Å². The van der Waals surface area contributed by atoms with Crippen LogP contribution in [0.25, 0.3) is 10.9 Å². The Morgan fingerprint density at radius 1 is 1.25 bits per heavy atom. The highest BCUT2D eigenvalue weighted by Gasteiger charge is 2.11. The molecule has 0 radical (unpaired) electrons. The van der Waals surface area contributed by atoms with Gasteiger partial charge in [0.05, 0.1) is 23.4 Å². The minimum atomic E-state index is -0.523. The van der Waals surface area contributed by atoms with Gasteiger partial charge in [-0.15, -0.1) is 0 Å². The number of benzene rings is 1. The van der Waals surface area contributed by atoms with Crippen molar-refractivity contribution >= 4 is 35.3 Å². The van der Waals surface area contributed by atoms with Gasteiger partial charge in [0.1, 0.15) is 5.75 Å². The first kappa shape index (κ1) is 18.1. The molecule has 1 aromatic heterocycles. The summed E-state index contributed by atoms with van der Waals surface area (Å²) in [7, 11) is 0. The third kappa shape index (κ3) is 5.13. The highest BCUT2D eigenvalue weighted by molar-refractivity contribution is 7.81. The maximum atomic E-state index is 11.6. The zero-order valence-electron chi connectivity index (χ0n) is 13.3. The molecular formula is C17H21N3O3S. The summed E-state index contributed by atoms with van der Waals surface area (Å²) in [5.74, 6) is 0.0706. The van der Waals surface area contributed by atoms with Crippen LogP contribution in [0.1, 0.15) is 29.6 Å². The molecule has 0 saturated carbocycles. The molecule has 0 aliphatic heterocycles. The summed E-state index contributed by atoms with van der Waals surface area (Å²) < 4.78 is 5.71. The number of pyridine rings is 1. The number of nitrogens with zero attached hydrogens (tertiary/aromatic N) is 1. The molecule has 1 aromatic carbocycles. The molecule has 0 aliphatic carbocycles. The second kappa shape index (κ2) is 9.12. The normalized spacial score (nSPS) is 10.5. The molecule has 24 heavy (non-hydrogen) atoms. The number of fused-ring (bicyclic) bond motifs is 1. The Kier molecular flexibility index (Phi) is 6.87. The quantitative estimate of drug-likeness (QED) is 0.477. The molecule has 2 aromatic rings. The van der Waals surface area contributed by atoms with Crippen molar-refractivity contribution < 1.29 is 14.3 Å². The lowest BCUT2D eigenvalue weighted by molar-refractivity contribution is -0.118. The standard InChI is InChI=1S/C17H21N3O3S/c18-17(22)13-9-12-5-4-7-19-14(12)10-15(13)23-8-3-1-2-6-20-16(21)11-24/h4-5,7,9-10,24H,1-3,6,8,11H2,(H2,18,22)(H,20,21). The molecule has 0 aliphatic rings. The van der Waals surface area contributed by atoms with Gasteiger partial charge < -0.3 is 15.8 Å². The molecule has 0 atom stereocenters. The number of nitrogens with one attached hydrogen (secondary N) is 1. The molecule has 6 nitrogen and oxygen atoms in total. The Balaban J connectivity index is 1.86. The van der Waals surface area contributed by atoms with Crippen LogP contribution in [0.4, 0.5) is 0 Å². The number of carbonyl (C=O) groups is 2. The molecule has 128 valence electrons. The van der Waals surface area contributed by atoms with Crippen molar-refractivity contribution in [2.24, 2.45) is 5.73 Å². The largest absolute Gasteiger partial charge is 0.493 e. The van der Waals surface area contributed by atoms with E-state index in [2.05, 4.69) is 22.9 Å². The van der Waals surface area contributed by atoms with E-state index in [1.807, 2.05) is 6.07 Å². The predicted octanol–water partition coefficient (Wildman–Crippen LogP) is 1.93. The third-order valence-electron chi connectivity index (χ3n) is 3.51. The lowest BCUT2D eigenvalue weighted by Crippen LogP contribution is -2.25. The summed E-state index contributed by atoms with van der Waals surface area (Å²) in [4.78, 5) is 26.9. The van der Waals surface area contributed by atoms with E-state index in [9.17, 15) is 9.59 Å². The monoisotopic (exact) mass is 347 g/mol. The number of primary amides is 1. The van der Waals surface area contributed by atoms with Crippen LogP contribution in [-0.2, 0) is 4.79 Å². The molecule has 3 N–H and O–H groups in total. The zero-order valence-corrected chi connectivity index (χ0v) is 14.2. The minimum Gasteiger partial charge on any atom is -0.493 e. The average Bonchev–Trinajstić information content (AvgIpc) is 2.59. The van der Waals surface area contributed by atoms with E-state index in [1.54, 1.807) is 24.4 Å². The van der Waals surface area contributed by atoms with Crippen LogP contribution in [0.2, 0.25) is 0 Å². The highest BCUT2D eigenvalue weighted by atomic mass is 32.1. The topological polar surface area (TPSA) is 94.3 Å². The SMILES string of the molecule is NC(=O)c1cc2cccnc2cc1OCCCCCNC(=O)CS. The Labute approximate surface area is 146 Å². The summed E-state index contributed by atoms with van der Waals surface area (Å²) in [5, 5.41) is 3.61. The first-order valence-electron chi connectivity index (χ1n) is 7.80. The Morgan fingerprint density at radius 2 is 2.08 bits per heavy atom. The molecule has 0 spiro atoms. The number of unbranched alkanes of at least 4 members (excludes halogenated alkanes) is 2. The van der Waals surface area contributed by atoms with Crippen LogP contribution >= 0.6 is 12.6 Å². The van der Waals surface area contributed by atoms with Crippen LogP contribution in [-0.4, -0.2) is 35.7 Å². The van der Waals surface area contributed by atoms with Gasteiger partial charge in [0.15, 0.2) is 0 Å². The number of carbonyl (C=O) groups excluding carboxylic acids is 2. The van der Waals surface area contributed by atoms with Crippen LogP contribution < -0.4 is 15.8 Å². The van der Waals surface area contributed by atoms with Crippen molar-refractivity contribution in [1.29, 1.82) is 0 Å². The van der Waals surface area contributed by atoms with Crippen molar-refractivity contribution in [1.82, 2.24) is 10.3 Å². The van der Waals surface area contributed by atoms with E-state index in [0.29, 0.717) is 24.5 Å². The maximum Gasteiger partial charge on any atom is 0.252 e. The van der Waals surface area contributed by atoms with E-state index in [0.717, 1.165) is 30.2 Å². The Hall–Kier alpha value is -2.28. The molecule has 0 unspecified atom stereocenters. The molecule has 7 heteroatoms. The molecule has 2 amide bonds. The second-order valence-corrected chi connectivity index (χ2v) is 5.64. The number of ether oxygens (including phenoxy) is 1. The minimum absolute atomic E-state index is 0.0654. The second-order valence-electron chi connectivity index (χ2n) is 5.33. The summed E-state index contributed by atoms with van der Waals surface area (Å²) in [6, 6.07) is 7.12. The van der Waals surface area contributed by atoms with E-state index < -0.39 is 5.91 Å². The van der Waals surface area contributed by atoms with Crippen molar-refractivity contribution in [2.75, 3.05) is 18.9 Å². The summed E-state index contributed by atoms with van der Waals surface area (Å²) in [5.41, 5.74) is 6.55. The van der Waals surface area contributed by atoms with Crippen molar-refractivity contribution in [3.05, 3.63) is 36.0 Å². The molecule has 1 heterocycles. The highest BCUT2D eigenvalue weighted by Crippen LogP contribution is 2.24. The molecule has 2 rings (SSSR count). The van der Waals surface area contributed by atoms with Crippen LogP contribution in [0.3, 0.4) is 0 Å². The summed E-state index contributed by atoms with van der Waals surface area (Å²) in [6.07, 6.45) is 4.28. The fourth-order valence-electron chi connectivity index (χ4n) is 2.28. The van der Waals surface area contributed by atoms with Gasteiger partial charge >= 0.3 is 0 Å². The summed E-state index contributed by atoms with van der Waals surface area (Å²) in [6.45, 7) is 1.10. The van der Waals surface area contributed by atoms with E-state index in [-0.39, 0.29) is 11.7 Å². The Morgan fingerprint density at radius 3 is 2.83 bits per heavy atom. The van der Waals surface area contributed by atoms with E-state index in [4.69, 9.17) is 10.5 Å². The van der Waals surface area contributed by atoms with Gasteiger partial charge in [-0.3, -0.25) is 14.6 Å². The van der Waals surface area contributed by atoms with Crippen molar-refractivity contribution in [3.8, 4) is 5.75 Å². The van der Waals surface area contributed by atoms with Crippen LogP contribution in [0, 0.1) is 0 Å². The van der Waals surface area contributed by atoms with Gasteiger partial charge in [-0.2, -0.15) is 12.6 Å². The molecule has 0 bridgehead atoms. The number of hydrogen-bond donors (Lipinski definition) is 3. The smallest absolute Gasteiger partial charge is 0.252 e. The van der Waals surface area contributed by atoms with Gasteiger partial charge in [-0.25, -0.2) is 0 Å². The van der Waals surface area contributed by atoms with Crippen LogP contribution in [0.5, 0.6) is 5.75 Å². The molecule has 0 fully saturated rings.